The van der Waals surface area contributed by atoms with Crippen molar-refractivity contribution in [2.75, 3.05) is 6.61 Å². The zero-order valence-corrected chi connectivity index (χ0v) is 10.5. The first-order valence-electron chi connectivity index (χ1n) is 6.36. The van der Waals surface area contributed by atoms with Gasteiger partial charge in [0.15, 0.2) is 0 Å². The summed E-state index contributed by atoms with van der Waals surface area (Å²) in [6.45, 7) is 1.56. The van der Waals surface area contributed by atoms with Crippen molar-refractivity contribution in [3.8, 4) is 5.75 Å². The van der Waals surface area contributed by atoms with Gasteiger partial charge in [0.1, 0.15) is 5.75 Å². The van der Waals surface area contributed by atoms with Gasteiger partial charge in [0.05, 0.1) is 12.2 Å². The summed E-state index contributed by atoms with van der Waals surface area (Å²) in [6, 6.07) is 7.91. The molecule has 0 fully saturated rings. The molecule has 0 radical (unpaired) electrons. The van der Waals surface area contributed by atoms with Crippen LogP contribution in [0, 0.1) is 0 Å². The number of hydrogen-bond donors (Lipinski definition) is 1. The minimum absolute atomic E-state index is 0.336. The summed E-state index contributed by atoms with van der Waals surface area (Å²) in [5, 5.41) is 8.86. The summed E-state index contributed by atoms with van der Waals surface area (Å²) in [7, 11) is 0. The maximum atomic E-state index is 10.8. The molecule has 3 rings (SSSR count). The minimum Gasteiger partial charge on any atom is -0.493 e. The van der Waals surface area contributed by atoms with Crippen molar-refractivity contribution >= 4 is 5.97 Å². The third-order valence-electron chi connectivity index (χ3n) is 3.41. The molecule has 0 aliphatic carbocycles. The summed E-state index contributed by atoms with van der Waals surface area (Å²) in [5.74, 6) is 0.117. The highest BCUT2D eigenvalue weighted by atomic mass is 16.5. The number of aryl methyl sites for hydroxylation is 2. The molecular formula is C15H15NO3. The van der Waals surface area contributed by atoms with Crippen molar-refractivity contribution in [3.05, 3.63) is 53.3 Å². The number of rotatable bonds is 4. The van der Waals surface area contributed by atoms with E-state index in [9.17, 15) is 4.79 Å². The quantitative estimate of drug-likeness (QED) is 0.914. The molecule has 0 amide bonds. The Balaban J connectivity index is 1.67. The maximum absolute atomic E-state index is 10.8. The number of nitrogens with zero attached hydrogens (tertiary/aromatic N) is 1. The molecule has 1 aromatic carbocycles. The van der Waals surface area contributed by atoms with Gasteiger partial charge in [-0.05, 0) is 29.7 Å². The lowest BCUT2D eigenvalue weighted by molar-refractivity contribution is 0.0697. The summed E-state index contributed by atoms with van der Waals surface area (Å²) >= 11 is 0. The van der Waals surface area contributed by atoms with Gasteiger partial charge in [0.25, 0.3) is 0 Å². The smallest absolute Gasteiger partial charge is 0.337 e. The number of fused-ring (bicyclic) bond motifs is 1. The first kappa shape index (κ1) is 11.8. The number of benzene rings is 1. The lowest BCUT2D eigenvalue weighted by Gasteiger charge is -2.05. The molecule has 0 saturated heterocycles. The van der Waals surface area contributed by atoms with Crippen LogP contribution in [0.15, 0.2) is 36.7 Å². The Kier molecular flexibility index (Phi) is 2.99. The predicted molar refractivity (Wildman–Crippen MR) is 70.7 cm³/mol. The van der Waals surface area contributed by atoms with Gasteiger partial charge < -0.3 is 14.4 Å². The zero-order valence-electron chi connectivity index (χ0n) is 10.5. The Morgan fingerprint density at radius 3 is 3.05 bits per heavy atom. The van der Waals surface area contributed by atoms with Crippen LogP contribution in [0.1, 0.15) is 21.5 Å². The van der Waals surface area contributed by atoms with Gasteiger partial charge in [0.2, 0.25) is 0 Å². The molecule has 0 spiro atoms. The van der Waals surface area contributed by atoms with Crippen LogP contribution < -0.4 is 4.74 Å². The van der Waals surface area contributed by atoms with E-state index in [0.717, 1.165) is 31.7 Å². The van der Waals surface area contributed by atoms with Crippen molar-refractivity contribution in [1.82, 2.24) is 4.57 Å². The predicted octanol–water partition coefficient (Wildman–Crippen LogP) is 2.36. The molecule has 0 saturated carbocycles. The van der Waals surface area contributed by atoms with Crippen LogP contribution in [0.3, 0.4) is 0 Å². The monoisotopic (exact) mass is 257 g/mol. The van der Waals surface area contributed by atoms with Gasteiger partial charge in [-0.3, -0.25) is 0 Å². The summed E-state index contributed by atoms with van der Waals surface area (Å²) < 4.78 is 7.39. The normalized spacial score (nSPS) is 13.1. The largest absolute Gasteiger partial charge is 0.493 e. The highest BCUT2D eigenvalue weighted by Crippen LogP contribution is 2.26. The highest BCUT2D eigenvalue weighted by Gasteiger charge is 2.12. The SMILES string of the molecule is O=C(O)c1ccn(CCc2ccc3c(c2)CCO3)c1. The third kappa shape index (κ3) is 2.47. The maximum Gasteiger partial charge on any atom is 0.337 e. The summed E-state index contributed by atoms with van der Waals surface area (Å²) in [5.41, 5.74) is 2.87. The van der Waals surface area contributed by atoms with E-state index >= 15 is 0 Å². The Labute approximate surface area is 111 Å². The van der Waals surface area contributed by atoms with Gasteiger partial charge in [-0.2, -0.15) is 0 Å². The second kappa shape index (κ2) is 4.80. The first-order valence-corrected chi connectivity index (χ1v) is 6.36. The summed E-state index contributed by atoms with van der Waals surface area (Å²) in [6.07, 6.45) is 5.34. The fourth-order valence-electron chi connectivity index (χ4n) is 2.36. The Morgan fingerprint density at radius 2 is 2.26 bits per heavy atom. The molecule has 2 heterocycles. The third-order valence-corrected chi connectivity index (χ3v) is 3.41. The average molecular weight is 257 g/mol. The number of carboxylic acid groups (broad SMARTS) is 1. The fraction of sp³-hybridized carbons (Fsp3) is 0.267. The minimum atomic E-state index is -0.881. The number of aromatic carboxylic acids is 1. The fourth-order valence-corrected chi connectivity index (χ4v) is 2.36. The lowest BCUT2D eigenvalue weighted by atomic mass is 10.1. The van der Waals surface area contributed by atoms with E-state index in [1.54, 1.807) is 18.5 Å². The molecule has 4 nitrogen and oxygen atoms in total. The van der Waals surface area contributed by atoms with Crippen molar-refractivity contribution in [2.24, 2.45) is 0 Å². The Morgan fingerprint density at radius 1 is 1.37 bits per heavy atom. The van der Waals surface area contributed by atoms with E-state index in [1.807, 2.05) is 10.6 Å². The van der Waals surface area contributed by atoms with E-state index in [2.05, 4.69) is 12.1 Å². The van der Waals surface area contributed by atoms with Gasteiger partial charge in [0, 0.05) is 25.4 Å². The second-order valence-electron chi connectivity index (χ2n) is 4.73. The van der Waals surface area contributed by atoms with Crippen LogP contribution >= 0.6 is 0 Å². The standard InChI is InChI=1S/C15H15NO3/c17-15(18)13-4-7-16(10-13)6-3-11-1-2-14-12(9-11)5-8-19-14/h1-2,4,7,9-10H,3,5-6,8H2,(H,17,18). The molecule has 0 atom stereocenters. The van der Waals surface area contributed by atoms with Crippen LogP contribution in [-0.2, 0) is 19.4 Å². The molecule has 1 aromatic heterocycles. The van der Waals surface area contributed by atoms with Crippen LogP contribution in [0.25, 0.3) is 0 Å². The molecule has 1 aliphatic heterocycles. The molecular weight excluding hydrogens is 242 g/mol. The molecule has 19 heavy (non-hydrogen) atoms. The van der Waals surface area contributed by atoms with Crippen molar-refractivity contribution in [1.29, 1.82) is 0 Å². The molecule has 98 valence electrons. The van der Waals surface area contributed by atoms with E-state index in [0.29, 0.717) is 5.56 Å². The number of aromatic nitrogens is 1. The molecule has 2 aromatic rings. The highest BCUT2D eigenvalue weighted by molar-refractivity contribution is 5.87. The molecule has 0 bridgehead atoms. The molecule has 4 heteroatoms. The van der Waals surface area contributed by atoms with Crippen LogP contribution in [0.4, 0.5) is 0 Å². The van der Waals surface area contributed by atoms with E-state index in [4.69, 9.17) is 9.84 Å². The zero-order chi connectivity index (χ0) is 13.2. The van der Waals surface area contributed by atoms with E-state index in [-0.39, 0.29) is 0 Å². The number of carboxylic acids is 1. The summed E-state index contributed by atoms with van der Waals surface area (Å²) in [4.78, 5) is 10.8. The Hall–Kier alpha value is -2.23. The molecule has 0 unspecified atom stereocenters. The van der Waals surface area contributed by atoms with Crippen molar-refractivity contribution < 1.29 is 14.6 Å². The number of carbonyl (C=O) groups is 1. The van der Waals surface area contributed by atoms with Crippen molar-refractivity contribution in [2.45, 2.75) is 19.4 Å². The van der Waals surface area contributed by atoms with Crippen LogP contribution in [0.2, 0.25) is 0 Å². The topological polar surface area (TPSA) is 51.5 Å². The van der Waals surface area contributed by atoms with Crippen molar-refractivity contribution in [3.63, 3.8) is 0 Å². The van der Waals surface area contributed by atoms with E-state index < -0.39 is 5.97 Å². The van der Waals surface area contributed by atoms with Crippen LogP contribution in [0.5, 0.6) is 5.75 Å². The second-order valence-corrected chi connectivity index (χ2v) is 4.73. The van der Waals surface area contributed by atoms with Gasteiger partial charge in [-0.1, -0.05) is 12.1 Å². The van der Waals surface area contributed by atoms with Crippen LogP contribution in [-0.4, -0.2) is 22.2 Å². The van der Waals surface area contributed by atoms with E-state index in [1.165, 1.54) is 11.1 Å². The lowest BCUT2D eigenvalue weighted by Crippen LogP contribution is -2.00. The Bertz CT molecular complexity index is 616. The number of hydrogen-bond acceptors (Lipinski definition) is 2. The molecule has 1 aliphatic rings. The first-order chi connectivity index (χ1) is 9.22. The van der Waals surface area contributed by atoms with Gasteiger partial charge >= 0.3 is 5.97 Å². The molecule has 1 N–H and O–H groups in total. The average Bonchev–Trinajstić information content (AvgIpc) is 3.04. The van der Waals surface area contributed by atoms with Gasteiger partial charge in [-0.25, -0.2) is 4.79 Å². The number of ether oxygens (including phenoxy) is 1. The van der Waals surface area contributed by atoms with Gasteiger partial charge in [-0.15, -0.1) is 0 Å².